The number of benzene rings is 2. The maximum Gasteiger partial charge on any atom is 0.340 e. The summed E-state index contributed by atoms with van der Waals surface area (Å²) in [5.41, 5.74) is 4.70. The van der Waals surface area contributed by atoms with Crippen molar-refractivity contribution >= 4 is 16.9 Å². The number of methoxy groups -OCH3 is 1. The molecule has 4 rings (SSSR count). The van der Waals surface area contributed by atoms with Gasteiger partial charge in [-0.15, -0.1) is 5.92 Å². The lowest BCUT2D eigenvalue weighted by molar-refractivity contribution is 0.0602. The molecule has 0 amide bonds. The smallest absolute Gasteiger partial charge is 0.340 e. The van der Waals surface area contributed by atoms with Crippen molar-refractivity contribution in [2.45, 2.75) is 38.6 Å². The van der Waals surface area contributed by atoms with Crippen LogP contribution in [-0.4, -0.2) is 22.9 Å². The fraction of sp³-hybridized carbons (Fsp3) is 0.304. The first-order valence-corrected chi connectivity index (χ1v) is 9.25. The molecule has 1 aliphatic carbocycles. The third-order valence-electron chi connectivity index (χ3n) is 5.26. The quantitative estimate of drug-likeness (QED) is 0.502. The zero-order chi connectivity index (χ0) is 19.0. The van der Waals surface area contributed by atoms with E-state index in [9.17, 15) is 4.79 Å². The minimum atomic E-state index is -0.367. The average Bonchev–Trinajstić information content (AvgIpc) is 3.46. The van der Waals surface area contributed by atoms with E-state index in [1.165, 1.54) is 25.5 Å². The number of hydrogen-bond acceptors (Lipinski definition) is 3. The molecule has 4 heteroatoms. The second-order valence-electron chi connectivity index (χ2n) is 7.00. The molecule has 136 valence electrons. The highest BCUT2D eigenvalue weighted by Gasteiger charge is 2.24. The summed E-state index contributed by atoms with van der Waals surface area (Å²) in [6.45, 7) is 3.90. The minimum absolute atomic E-state index is 0.0102. The Bertz CT molecular complexity index is 1060. The maximum atomic E-state index is 12.3. The van der Waals surface area contributed by atoms with Gasteiger partial charge in [0.25, 0.3) is 0 Å². The molecule has 1 aliphatic rings. The van der Waals surface area contributed by atoms with Gasteiger partial charge < -0.3 is 4.74 Å². The number of rotatable bonds is 4. The van der Waals surface area contributed by atoms with Crippen LogP contribution >= 0.6 is 0 Å². The van der Waals surface area contributed by atoms with Crippen molar-refractivity contribution in [1.29, 1.82) is 0 Å². The van der Waals surface area contributed by atoms with Crippen molar-refractivity contribution in [2.75, 3.05) is 7.11 Å². The van der Waals surface area contributed by atoms with Crippen LogP contribution in [0.3, 0.4) is 0 Å². The number of nitrogens with zero attached hydrogens (tertiary/aromatic N) is 2. The molecule has 0 saturated heterocycles. The van der Waals surface area contributed by atoms with E-state index >= 15 is 0 Å². The van der Waals surface area contributed by atoms with Gasteiger partial charge >= 0.3 is 5.97 Å². The molecule has 0 bridgehead atoms. The van der Waals surface area contributed by atoms with Gasteiger partial charge in [0.15, 0.2) is 0 Å². The van der Waals surface area contributed by atoms with Crippen molar-refractivity contribution < 1.29 is 9.53 Å². The molecule has 1 heterocycles. The third kappa shape index (κ3) is 3.10. The number of aromatic nitrogens is 2. The summed E-state index contributed by atoms with van der Waals surface area (Å²) in [5.74, 6) is 6.40. The molecule has 1 saturated carbocycles. The Kier molecular flexibility index (Phi) is 4.45. The summed E-state index contributed by atoms with van der Waals surface area (Å²) in [7, 11) is 1.40. The maximum absolute atomic E-state index is 12.3. The summed E-state index contributed by atoms with van der Waals surface area (Å²) in [6.07, 6.45) is 4.38. The lowest BCUT2D eigenvalue weighted by Gasteiger charge is -2.16. The lowest BCUT2D eigenvalue weighted by Crippen LogP contribution is -2.12. The molecule has 27 heavy (non-hydrogen) atoms. The topological polar surface area (TPSA) is 44.1 Å². The summed E-state index contributed by atoms with van der Waals surface area (Å²) in [5, 5.41) is 5.47. The van der Waals surface area contributed by atoms with Crippen LogP contribution in [0.2, 0.25) is 0 Å². The monoisotopic (exact) mass is 358 g/mol. The van der Waals surface area contributed by atoms with E-state index in [4.69, 9.17) is 4.74 Å². The first-order valence-electron chi connectivity index (χ1n) is 9.25. The number of carbonyl (C=O) groups excluding carboxylic acids is 1. The van der Waals surface area contributed by atoms with E-state index in [2.05, 4.69) is 48.1 Å². The predicted molar refractivity (Wildman–Crippen MR) is 106 cm³/mol. The zero-order valence-corrected chi connectivity index (χ0v) is 15.8. The first-order chi connectivity index (χ1) is 13.1. The molecular weight excluding hydrogens is 336 g/mol. The molecule has 0 spiro atoms. The SMILES string of the molecule is CC#Cc1ccc(C(=O)OC)c2c1cnn2C(C)c1ccc(C2CC2)cc1. The number of esters is 1. The molecule has 2 aromatic carbocycles. The van der Waals surface area contributed by atoms with Crippen molar-refractivity contribution in [3.63, 3.8) is 0 Å². The number of carbonyl (C=O) groups is 1. The predicted octanol–water partition coefficient (Wildman–Crippen LogP) is 4.68. The van der Waals surface area contributed by atoms with Crippen molar-refractivity contribution in [3.8, 4) is 11.8 Å². The van der Waals surface area contributed by atoms with Gasteiger partial charge in [-0.25, -0.2) is 4.79 Å². The van der Waals surface area contributed by atoms with Gasteiger partial charge in [0.05, 0.1) is 30.4 Å². The van der Waals surface area contributed by atoms with Crippen LogP contribution < -0.4 is 0 Å². The van der Waals surface area contributed by atoms with Crippen LogP contribution in [0.25, 0.3) is 10.9 Å². The van der Waals surface area contributed by atoms with Crippen LogP contribution in [0.5, 0.6) is 0 Å². The first kappa shape index (κ1) is 17.4. The van der Waals surface area contributed by atoms with E-state index < -0.39 is 0 Å². The van der Waals surface area contributed by atoms with Crippen LogP contribution in [0, 0.1) is 11.8 Å². The van der Waals surface area contributed by atoms with Gasteiger partial charge in [0, 0.05) is 10.9 Å². The van der Waals surface area contributed by atoms with Crippen LogP contribution in [0.4, 0.5) is 0 Å². The molecule has 1 fully saturated rings. The van der Waals surface area contributed by atoms with Gasteiger partial charge in [-0.2, -0.15) is 5.10 Å². The summed E-state index contributed by atoms with van der Waals surface area (Å²) < 4.78 is 6.88. The molecule has 0 N–H and O–H groups in total. The Morgan fingerprint density at radius 1 is 1.22 bits per heavy atom. The summed E-state index contributed by atoms with van der Waals surface area (Å²) in [4.78, 5) is 12.3. The second-order valence-corrected chi connectivity index (χ2v) is 7.00. The van der Waals surface area contributed by atoms with Crippen molar-refractivity contribution in [1.82, 2.24) is 9.78 Å². The zero-order valence-electron chi connectivity index (χ0n) is 15.8. The van der Waals surface area contributed by atoms with Crippen LogP contribution in [-0.2, 0) is 4.74 Å². The van der Waals surface area contributed by atoms with E-state index in [0.717, 1.165) is 27.9 Å². The normalized spacial score (nSPS) is 14.5. The fourth-order valence-electron chi connectivity index (χ4n) is 3.58. The van der Waals surface area contributed by atoms with Crippen molar-refractivity contribution in [2.24, 2.45) is 0 Å². The lowest BCUT2D eigenvalue weighted by atomic mass is 10.0. The Hall–Kier alpha value is -3.06. The summed E-state index contributed by atoms with van der Waals surface area (Å²) >= 11 is 0. The Balaban J connectivity index is 1.83. The molecule has 1 unspecified atom stereocenters. The van der Waals surface area contributed by atoms with E-state index in [0.29, 0.717) is 5.56 Å². The average molecular weight is 358 g/mol. The van der Waals surface area contributed by atoms with Gasteiger partial charge in [-0.3, -0.25) is 4.68 Å². The minimum Gasteiger partial charge on any atom is -0.465 e. The van der Waals surface area contributed by atoms with Gasteiger partial charge in [-0.1, -0.05) is 30.2 Å². The molecule has 1 aromatic heterocycles. The van der Waals surface area contributed by atoms with Crippen LogP contribution in [0.15, 0.2) is 42.6 Å². The molecule has 3 aromatic rings. The Labute approximate surface area is 159 Å². The number of hydrogen-bond donors (Lipinski definition) is 0. The molecule has 1 atom stereocenters. The highest BCUT2D eigenvalue weighted by molar-refractivity contribution is 6.04. The molecule has 0 aliphatic heterocycles. The second kappa shape index (κ2) is 6.92. The number of ether oxygens (including phenoxy) is 1. The van der Waals surface area contributed by atoms with Gasteiger partial charge in [-0.05, 0) is 55.9 Å². The van der Waals surface area contributed by atoms with E-state index in [1.807, 2.05) is 10.7 Å². The standard InChI is InChI=1S/C23H22N2O2/c1-4-5-19-12-13-20(23(26)27-3)22-21(19)14-24-25(22)15(2)16-6-8-17(9-7-16)18-10-11-18/h6-9,12-15,18H,10-11H2,1-3H3. The largest absolute Gasteiger partial charge is 0.465 e. The number of fused-ring (bicyclic) bond motifs is 1. The van der Waals surface area contributed by atoms with Crippen molar-refractivity contribution in [3.05, 3.63) is 64.8 Å². The van der Waals surface area contributed by atoms with Gasteiger partial charge in [0.2, 0.25) is 0 Å². The van der Waals surface area contributed by atoms with E-state index in [1.54, 1.807) is 19.2 Å². The summed E-state index contributed by atoms with van der Waals surface area (Å²) in [6, 6.07) is 12.4. The highest BCUT2D eigenvalue weighted by atomic mass is 16.5. The Morgan fingerprint density at radius 2 is 1.96 bits per heavy atom. The molecule has 4 nitrogen and oxygen atoms in total. The molecule has 0 radical (unpaired) electrons. The third-order valence-corrected chi connectivity index (χ3v) is 5.26. The van der Waals surface area contributed by atoms with Crippen LogP contribution in [0.1, 0.15) is 65.7 Å². The van der Waals surface area contributed by atoms with Gasteiger partial charge in [0.1, 0.15) is 0 Å². The Morgan fingerprint density at radius 3 is 2.59 bits per heavy atom. The molecular formula is C23H22N2O2. The van der Waals surface area contributed by atoms with E-state index in [-0.39, 0.29) is 12.0 Å². The highest BCUT2D eigenvalue weighted by Crippen LogP contribution is 2.40. The fourth-order valence-corrected chi connectivity index (χ4v) is 3.58.